The SMILES string of the molecule is CCOCCOC1CCOC2(CCN(C(=O)c3cc(OC)cc(OC)c3)CC2)C1. The highest BCUT2D eigenvalue weighted by atomic mass is 16.5. The van der Waals surface area contributed by atoms with Crippen LogP contribution in [0.15, 0.2) is 18.2 Å². The lowest BCUT2D eigenvalue weighted by atomic mass is 9.83. The predicted molar refractivity (Wildman–Crippen MR) is 109 cm³/mol. The molecule has 1 atom stereocenters. The molecular formula is C22H33NO6. The molecule has 1 aromatic carbocycles. The normalized spacial score (nSPS) is 21.2. The zero-order chi connectivity index (χ0) is 20.7. The summed E-state index contributed by atoms with van der Waals surface area (Å²) in [6.45, 7) is 6.00. The minimum atomic E-state index is -0.183. The van der Waals surface area contributed by atoms with Crippen LogP contribution in [0.25, 0.3) is 0 Å². The van der Waals surface area contributed by atoms with Crippen molar-refractivity contribution in [3.63, 3.8) is 0 Å². The Kier molecular flexibility index (Phi) is 7.75. The minimum Gasteiger partial charge on any atom is -0.497 e. The maximum atomic E-state index is 13.0. The number of ether oxygens (including phenoxy) is 5. The molecule has 2 aliphatic heterocycles. The lowest BCUT2D eigenvalue weighted by Crippen LogP contribution is -2.52. The molecule has 2 aliphatic rings. The lowest BCUT2D eigenvalue weighted by Gasteiger charge is -2.46. The van der Waals surface area contributed by atoms with E-state index < -0.39 is 0 Å². The fourth-order valence-electron chi connectivity index (χ4n) is 4.12. The van der Waals surface area contributed by atoms with Gasteiger partial charge in [0.25, 0.3) is 5.91 Å². The van der Waals surface area contributed by atoms with Gasteiger partial charge in [-0.05, 0) is 38.3 Å². The van der Waals surface area contributed by atoms with E-state index in [2.05, 4.69) is 0 Å². The molecule has 29 heavy (non-hydrogen) atoms. The van der Waals surface area contributed by atoms with Gasteiger partial charge in [-0.25, -0.2) is 0 Å². The number of methoxy groups -OCH3 is 2. The Morgan fingerprint density at radius 3 is 2.45 bits per heavy atom. The zero-order valence-electron chi connectivity index (χ0n) is 17.8. The van der Waals surface area contributed by atoms with E-state index in [1.54, 1.807) is 32.4 Å². The average Bonchev–Trinajstić information content (AvgIpc) is 2.76. The summed E-state index contributed by atoms with van der Waals surface area (Å²) in [6, 6.07) is 5.28. The van der Waals surface area contributed by atoms with Crippen molar-refractivity contribution in [3.05, 3.63) is 23.8 Å². The molecule has 2 heterocycles. The van der Waals surface area contributed by atoms with E-state index in [0.29, 0.717) is 56.6 Å². The standard InChI is InChI=1S/C22H33NO6/c1-4-27-11-12-28-18-5-10-29-22(16-18)6-8-23(9-7-22)21(24)17-13-19(25-2)15-20(14-17)26-3/h13-15,18H,4-12,16H2,1-3H3. The van der Waals surface area contributed by atoms with Crippen molar-refractivity contribution in [1.82, 2.24) is 4.90 Å². The fraction of sp³-hybridized carbons (Fsp3) is 0.682. The highest BCUT2D eigenvalue weighted by Gasteiger charge is 2.41. The van der Waals surface area contributed by atoms with Crippen molar-refractivity contribution >= 4 is 5.91 Å². The molecule has 0 aliphatic carbocycles. The number of nitrogens with zero attached hydrogens (tertiary/aromatic N) is 1. The second-order valence-corrected chi connectivity index (χ2v) is 7.61. The van der Waals surface area contributed by atoms with E-state index in [9.17, 15) is 4.79 Å². The Labute approximate surface area is 173 Å². The molecule has 7 nitrogen and oxygen atoms in total. The molecular weight excluding hydrogens is 374 g/mol. The zero-order valence-corrected chi connectivity index (χ0v) is 17.8. The predicted octanol–water partition coefficient (Wildman–Crippen LogP) is 2.91. The van der Waals surface area contributed by atoms with Gasteiger partial charge < -0.3 is 28.6 Å². The quantitative estimate of drug-likeness (QED) is 0.618. The number of carbonyl (C=O) groups is 1. The molecule has 1 aromatic rings. The van der Waals surface area contributed by atoms with Crippen LogP contribution in [0.5, 0.6) is 11.5 Å². The van der Waals surface area contributed by atoms with Gasteiger partial charge in [-0.1, -0.05) is 0 Å². The molecule has 0 aromatic heterocycles. The number of rotatable bonds is 8. The second kappa shape index (κ2) is 10.3. The molecule has 2 fully saturated rings. The first-order valence-corrected chi connectivity index (χ1v) is 10.4. The van der Waals surface area contributed by atoms with Gasteiger partial charge in [0.1, 0.15) is 11.5 Å². The first-order valence-electron chi connectivity index (χ1n) is 10.4. The van der Waals surface area contributed by atoms with Crippen LogP contribution in [0.3, 0.4) is 0 Å². The molecule has 2 saturated heterocycles. The Morgan fingerprint density at radius 2 is 1.83 bits per heavy atom. The van der Waals surface area contributed by atoms with Crippen LogP contribution in [0.1, 0.15) is 43.0 Å². The molecule has 0 radical (unpaired) electrons. The van der Waals surface area contributed by atoms with Crippen molar-refractivity contribution < 1.29 is 28.5 Å². The monoisotopic (exact) mass is 407 g/mol. The molecule has 0 saturated carbocycles. The number of piperidine rings is 1. The van der Waals surface area contributed by atoms with Crippen LogP contribution in [-0.2, 0) is 14.2 Å². The van der Waals surface area contributed by atoms with Crippen molar-refractivity contribution in [2.45, 2.75) is 44.3 Å². The molecule has 3 rings (SSSR count). The van der Waals surface area contributed by atoms with Crippen LogP contribution in [0.2, 0.25) is 0 Å². The summed E-state index contributed by atoms with van der Waals surface area (Å²) >= 11 is 0. The van der Waals surface area contributed by atoms with Crippen LogP contribution in [0, 0.1) is 0 Å². The number of hydrogen-bond acceptors (Lipinski definition) is 6. The van der Waals surface area contributed by atoms with E-state index >= 15 is 0 Å². The van der Waals surface area contributed by atoms with Crippen molar-refractivity contribution in [1.29, 1.82) is 0 Å². The number of benzene rings is 1. The number of carbonyl (C=O) groups excluding carboxylic acids is 1. The maximum Gasteiger partial charge on any atom is 0.254 e. The third-order valence-electron chi connectivity index (χ3n) is 5.79. The first kappa shape index (κ1) is 21.9. The summed E-state index contributed by atoms with van der Waals surface area (Å²) in [5, 5.41) is 0. The Morgan fingerprint density at radius 1 is 1.14 bits per heavy atom. The summed E-state index contributed by atoms with van der Waals surface area (Å²) in [4.78, 5) is 14.9. The van der Waals surface area contributed by atoms with E-state index in [4.69, 9.17) is 23.7 Å². The summed E-state index contributed by atoms with van der Waals surface area (Å²) in [6.07, 6.45) is 3.65. The molecule has 1 spiro atoms. The molecule has 0 N–H and O–H groups in total. The lowest BCUT2D eigenvalue weighted by molar-refractivity contribution is -0.155. The number of amides is 1. The second-order valence-electron chi connectivity index (χ2n) is 7.61. The van der Waals surface area contributed by atoms with Crippen LogP contribution >= 0.6 is 0 Å². The van der Waals surface area contributed by atoms with Gasteiger partial charge in [0.05, 0.1) is 39.1 Å². The van der Waals surface area contributed by atoms with Gasteiger partial charge in [-0.3, -0.25) is 4.79 Å². The molecule has 162 valence electrons. The molecule has 0 bridgehead atoms. The summed E-state index contributed by atoms with van der Waals surface area (Å²) < 4.78 is 28.1. The minimum absolute atomic E-state index is 0.00243. The molecule has 1 amide bonds. The van der Waals surface area contributed by atoms with Crippen LogP contribution < -0.4 is 9.47 Å². The Balaban J connectivity index is 1.56. The number of hydrogen-bond donors (Lipinski definition) is 0. The Hall–Kier alpha value is -1.83. The van der Waals surface area contributed by atoms with Gasteiger partial charge in [0.2, 0.25) is 0 Å². The van der Waals surface area contributed by atoms with Gasteiger partial charge in [0, 0.05) is 44.4 Å². The Bertz CT molecular complexity index is 649. The smallest absolute Gasteiger partial charge is 0.254 e. The highest BCUT2D eigenvalue weighted by molar-refractivity contribution is 5.95. The molecule has 7 heteroatoms. The van der Waals surface area contributed by atoms with Gasteiger partial charge in [-0.15, -0.1) is 0 Å². The highest BCUT2D eigenvalue weighted by Crippen LogP contribution is 2.36. The van der Waals surface area contributed by atoms with Crippen LogP contribution in [0.4, 0.5) is 0 Å². The third kappa shape index (κ3) is 5.62. The number of likely N-dealkylation sites (tertiary alicyclic amines) is 1. The molecule has 1 unspecified atom stereocenters. The summed E-state index contributed by atoms with van der Waals surface area (Å²) in [5.74, 6) is 1.23. The summed E-state index contributed by atoms with van der Waals surface area (Å²) in [5.41, 5.74) is 0.399. The average molecular weight is 408 g/mol. The van der Waals surface area contributed by atoms with E-state index in [1.807, 2.05) is 11.8 Å². The van der Waals surface area contributed by atoms with Crippen molar-refractivity contribution in [3.8, 4) is 11.5 Å². The van der Waals surface area contributed by atoms with Gasteiger partial charge >= 0.3 is 0 Å². The third-order valence-corrected chi connectivity index (χ3v) is 5.79. The van der Waals surface area contributed by atoms with Crippen LogP contribution in [-0.4, -0.2) is 76.2 Å². The van der Waals surface area contributed by atoms with Gasteiger partial charge in [-0.2, -0.15) is 0 Å². The maximum absolute atomic E-state index is 13.0. The van der Waals surface area contributed by atoms with E-state index in [-0.39, 0.29) is 17.6 Å². The first-order chi connectivity index (χ1) is 14.1. The fourth-order valence-corrected chi connectivity index (χ4v) is 4.12. The van der Waals surface area contributed by atoms with Crippen molar-refractivity contribution in [2.24, 2.45) is 0 Å². The topological polar surface area (TPSA) is 66.5 Å². The summed E-state index contributed by atoms with van der Waals surface area (Å²) in [7, 11) is 3.17. The van der Waals surface area contributed by atoms with Crippen molar-refractivity contribution in [2.75, 3.05) is 53.7 Å². The van der Waals surface area contributed by atoms with Gasteiger partial charge in [0.15, 0.2) is 0 Å². The van der Waals surface area contributed by atoms with E-state index in [1.165, 1.54) is 0 Å². The van der Waals surface area contributed by atoms with E-state index in [0.717, 1.165) is 25.7 Å². The largest absolute Gasteiger partial charge is 0.497 e.